The van der Waals surface area contributed by atoms with Crippen molar-refractivity contribution in [1.29, 1.82) is 0 Å². The van der Waals surface area contributed by atoms with E-state index in [1.54, 1.807) is 6.07 Å². The lowest BCUT2D eigenvalue weighted by Gasteiger charge is -2.40. The third kappa shape index (κ3) is 2.02. The average molecular weight is 330 g/mol. The van der Waals surface area contributed by atoms with E-state index in [-0.39, 0.29) is 11.4 Å². The Kier molecular flexibility index (Phi) is 3.33. The summed E-state index contributed by atoms with van der Waals surface area (Å²) in [6.45, 7) is 1.98. The number of rotatable bonds is 4. The number of hydrogen-bond acceptors (Lipinski definition) is 6. The van der Waals surface area contributed by atoms with Crippen molar-refractivity contribution in [2.45, 2.75) is 18.8 Å². The molecular weight excluding hydrogens is 312 g/mol. The van der Waals surface area contributed by atoms with E-state index in [4.69, 9.17) is 9.47 Å². The van der Waals surface area contributed by atoms with Gasteiger partial charge in [0.25, 0.3) is 0 Å². The van der Waals surface area contributed by atoms with Crippen molar-refractivity contribution in [1.82, 2.24) is 10.2 Å². The molecule has 0 unspecified atom stereocenters. The van der Waals surface area contributed by atoms with Gasteiger partial charge in [0, 0.05) is 31.1 Å². The highest BCUT2D eigenvalue weighted by Crippen LogP contribution is 2.48. The van der Waals surface area contributed by atoms with Crippen molar-refractivity contribution in [3.8, 4) is 22.8 Å². The van der Waals surface area contributed by atoms with E-state index in [1.807, 2.05) is 0 Å². The Hall–Kier alpha value is -2.77. The molecule has 1 fully saturated rings. The molecule has 0 saturated carbocycles. The Morgan fingerprint density at radius 3 is 2.58 bits per heavy atom. The lowest BCUT2D eigenvalue weighted by molar-refractivity contribution is -0.385. The largest absolute Gasteiger partial charge is 0.496 e. The molecule has 126 valence electrons. The van der Waals surface area contributed by atoms with Crippen molar-refractivity contribution in [3.05, 3.63) is 27.9 Å². The van der Waals surface area contributed by atoms with E-state index in [0.29, 0.717) is 22.9 Å². The zero-order valence-corrected chi connectivity index (χ0v) is 13.5. The molecule has 8 heteroatoms. The molecule has 1 N–H and O–H groups in total. The number of anilines is 1. The van der Waals surface area contributed by atoms with Gasteiger partial charge in [0.05, 0.1) is 36.1 Å². The van der Waals surface area contributed by atoms with Crippen LogP contribution in [0.1, 0.15) is 24.5 Å². The Labute approximate surface area is 138 Å². The second-order valence-corrected chi connectivity index (χ2v) is 6.08. The van der Waals surface area contributed by atoms with E-state index in [9.17, 15) is 10.1 Å². The summed E-state index contributed by atoms with van der Waals surface area (Å²) in [5.41, 5.74) is 3.39. The molecule has 4 heterocycles. The maximum Gasteiger partial charge on any atom is 0.311 e. The van der Waals surface area contributed by atoms with Crippen LogP contribution in [0.5, 0.6) is 11.5 Å². The highest BCUT2D eigenvalue weighted by atomic mass is 16.6. The van der Waals surface area contributed by atoms with Crippen LogP contribution in [0.2, 0.25) is 0 Å². The summed E-state index contributed by atoms with van der Waals surface area (Å²) in [5, 5.41) is 19.0. The van der Waals surface area contributed by atoms with Crippen LogP contribution in [0.3, 0.4) is 0 Å². The number of aromatic nitrogens is 2. The fourth-order valence-corrected chi connectivity index (χ4v) is 3.74. The predicted molar refractivity (Wildman–Crippen MR) is 88.0 cm³/mol. The summed E-state index contributed by atoms with van der Waals surface area (Å²) < 4.78 is 10.6. The van der Waals surface area contributed by atoms with Gasteiger partial charge in [-0.25, -0.2) is 0 Å². The second kappa shape index (κ2) is 5.40. The van der Waals surface area contributed by atoms with Gasteiger partial charge in [0.2, 0.25) is 5.75 Å². The van der Waals surface area contributed by atoms with Gasteiger partial charge in [-0.3, -0.25) is 15.2 Å². The Morgan fingerprint density at radius 1 is 1.25 bits per heavy atom. The number of methoxy groups -OCH3 is 2. The number of ether oxygens (including phenoxy) is 2. The van der Waals surface area contributed by atoms with Crippen molar-refractivity contribution in [2.24, 2.45) is 0 Å². The molecule has 8 nitrogen and oxygen atoms in total. The number of piperidine rings is 1. The van der Waals surface area contributed by atoms with E-state index >= 15 is 0 Å². The first-order chi connectivity index (χ1) is 11.6. The molecule has 2 aromatic rings. The number of benzene rings is 1. The van der Waals surface area contributed by atoms with Crippen LogP contribution in [0.15, 0.2) is 12.1 Å². The number of nitrogens with zero attached hydrogens (tertiary/aromatic N) is 3. The quantitative estimate of drug-likeness (QED) is 0.684. The number of nitro benzene ring substituents is 1. The zero-order valence-electron chi connectivity index (χ0n) is 13.5. The van der Waals surface area contributed by atoms with Gasteiger partial charge in [-0.05, 0) is 12.8 Å². The third-order valence-electron chi connectivity index (χ3n) is 4.94. The summed E-state index contributed by atoms with van der Waals surface area (Å²) in [6, 6.07) is 3.03. The zero-order chi connectivity index (χ0) is 16.8. The van der Waals surface area contributed by atoms with Crippen LogP contribution >= 0.6 is 0 Å². The van der Waals surface area contributed by atoms with Crippen molar-refractivity contribution in [3.63, 3.8) is 0 Å². The summed E-state index contributed by atoms with van der Waals surface area (Å²) in [7, 11) is 2.94. The highest BCUT2D eigenvalue weighted by Gasteiger charge is 2.36. The average Bonchev–Trinajstić information content (AvgIpc) is 3.08. The van der Waals surface area contributed by atoms with E-state index in [1.165, 1.54) is 20.3 Å². The fourth-order valence-electron chi connectivity index (χ4n) is 3.74. The molecule has 3 aliphatic heterocycles. The van der Waals surface area contributed by atoms with Crippen molar-refractivity contribution in [2.75, 3.05) is 32.2 Å². The van der Waals surface area contributed by atoms with Crippen LogP contribution in [0.25, 0.3) is 11.3 Å². The van der Waals surface area contributed by atoms with Gasteiger partial charge >= 0.3 is 5.69 Å². The van der Waals surface area contributed by atoms with E-state index in [2.05, 4.69) is 15.1 Å². The van der Waals surface area contributed by atoms with Gasteiger partial charge in [0.1, 0.15) is 11.4 Å². The lowest BCUT2D eigenvalue weighted by Crippen LogP contribution is -2.38. The lowest BCUT2D eigenvalue weighted by atomic mass is 9.86. The van der Waals surface area contributed by atoms with E-state index < -0.39 is 4.92 Å². The molecule has 1 saturated heterocycles. The van der Waals surface area contributed by atoms with Crippen LogP contribution in [0.4, 0.5) is 11.4 Å². The third-order valence-corrected chi connectivity index (χ3v) is 4.94. The first kappa shape index (κ1) is 14.8. The minimum atomic E-state index is -0.451. The predicted octanol–water partition coefficient (Wildman–Crippen LogP) is 2.70. The van der Waals surface area contributed by atoms with Gasteiger partial charge in [-0.1, -0.05) is 0 Å². The van der Waals surface area contributed by atoms with Gasteiger partial charge in [-0.15, -0.1) is 0 Å². The molecule has 0 spiro atoms. The summed E-state index contributed by atoms with van der Waals surface area (Å²) >= 11 is 0. The second-order valence-electron chi connectivity index (χ2n) is 6.08. The normalized spacial score (nSPS) is 16.2. The maximum absolute atomic E-state index is 11.4. The monoisotopic (exact) mass is 330 g/mol. The van der Waals surface area contributed by atoms with Crippen LogP contribution in [0, 0.1) is 10.1 Å². The first-order valence-electron chi connectivity index (χ1n) is 7.88. The summed E-state index contributed by atoms with van der Waals surface area (Å²) in [5.74, 6) is 1.17. The van der Waals surface area contributed by atoms with Crippen LogP contribution in [-0.4, -0.2) is 42.4 Å². The molecule has 1 aromatic heterocycles. The Bertz CT molecular complexity index is 809. The number of aromatic amines is 1. The fraction of sp³-hybridized carbons (Fsp3) is 0.438. The van der Waals surface area contributed by atoms with Gasteiger partial charge in [0.15, 0.2) is 0 Å². The number of H-pyrrole nitrogens is 1. The SMILES string of the molecule is COc1cc(OC)c([N+](=O)[O-])cc1-c1n[nH]c2c1N1CCC2CC1. The maximum atomic E-state index is 11.4. The van der Waals surface area contributed by atoms with Gasteiger partial charge < -0.3 is 14.4 Å². The Balaban J connectivity index is 1.91. The molecule has 24 heavy (non-hydrogen) atoms. The summed E-state index contributed by atoms with van der Waals surface area (Å²) in [6.07, 6.45) is 2.24. The van der Waals surface area contributed by atoms with Crippen molar-refractivity contribution < 1.29 is 14.4 Å². The number of nitro groups is 1. The van der Waals surface area contributed by atoms with Crippen LogP contribution < -0.4 is 14.4 Å². The standard InChI is InChI=1S/C16H18N4O4/c1-23-12-8-13(24-2)11(20(21)22)7-10(12)15-16-14(17-18-15)9-3-5-19(16)6-4-9/h7-9H,3-6H2,1-2H3,(H,17,18). The highest BCUT2D eigenvalue weighted by molar-refractivity contribution is 5.84. The molecule has 0 amide bonds. The molecule has 0 radical (unpaired) electrons. The molecule has 5 rings (SSSR count). The molecule has 0 aliphatic carbocycles. The van der Waals surface area contributed by atoms with Gasteiger partial charge in [-0.2, -0.15) is 5.10 Å². The number of nitrogens with one attached hydrogen (secondary N) is 1. The van der Waals surface area contributed by atoms with Crippen LogP contribution in [-0.2, 0) is 0 Å². The number of hydrogen-bond donors (Lipinski definition) is 1. The molecule has 0 atom stereocenters. The minimum Gasteiger partial charge on any atom is -0.496 e. The summed E-state index contributed by atoms with van der Waals surface area (Å²) in [4.78, 5) is 13.2. The Morgan fingerprint density at radius 2 is 1.96 bits per heavy atom. The molecule has 3 aliphatic rings. The minimum absolute atomic E-state index is 0.0963. The van der Waals surface area contributed by atoms with Crippen molar-refractivity contribution >= 4 is 11.4 Å². The molecular formula is C16H18N4O4. The van der Waals surface area contributed by atoms with E-state index in [0.717, 1.165) is 37.3 Å². The smallest absolute Gasteiger partial charge is 0.311 e. The molecule has 2 bridgehead atoms. The molecule has 1 aromatic carbocycles. The topological polar surface area (TPSA) is 93.5 Å². The number of fused-ring (bicyclic) bond motifs is 2. The first-order valence-corrected chi connectivity index (χ1v) is 7.88.